The van der Waals surface area contributed by atoms with Crippen LogP contribution in [0.1, 0.15) is 23.2 Å². The van der Waals surface area contributed by atoms with Crippen molar-refractivity contribution >= 4 is 29.5 Å². The Bertz CT molecular complexity index is 526. The fourth-order valence-corrected chi connectivity index (χ4v) is 2.04. The normalized spacial score (nSPS) is 13.2. The minimum Gasteiger partial charge on any atom is -0.412 e. The largest absolute Gasteiger partial charge is 0.412 e. The van der Waals surface area contributed by atoms with Gasteiger partial charge in [0.05, 0.1) is 5.56 Å². The summed E-state index contributed by atoms with van der Waals surface area (Å²) in [6.07, 6.45) is 0.169. The summed E-state index contributed by atoms with van der Waals surface area (Å²) in [5.74, 6) is -1.70. The van der Waals surface area contributed by atoms with Gasteiger partial charge in [0.25, 0.3) is 11.8 Å². The van der Waals surface area contributed by atoms with Gasteiger partial charge in [-0.15, -0.1) is 5.06 Å². The quantitative estimate of drug-likeness (QED) is 0.590. The predicted molar refractivity (Wildman–Crippen MR) is 76.2 cm³/mol. The van der Waals surface area contributed by atoms with Crippen LogP contribution in [0.5, 0.6) is 0 Å². The van der Waals surface area contributed by atoms with E-state index in [0.717, 1.165) is 4.90 Å². The first-order valence-electron chi connectivity index (χ1n) is 5.57. The zero-order valence-corrected chi connectivity index (χ0v) is 11.8. The van der Waals surface area contributed by atoms with E-state index in [1.165, 1.54) is 11.8 Å². The van der Waals surface area contributed by atoms with E-state index in [1.807, 2.05) is 0 Å². The molecule has 4 N–H and O–H groups in total. The molecule has 0 saturated carbocycles. The summed E-state index contributed by atoms with van der Waals surface area (Å²) >= 11 is 1.42. The smallest absolute Gasteiger partial charge is 0.363 e. The summed E-state index contributed by atoms with van der Waals surface area (Å²) in [7, 11) is 0. The highest BCUT2D eigenvalue weighted by Gasteiger charge is 2.33. The second-order valence-corrected chi connectivity index (χ2v) is 4.81. The summed E-state index contributed by atoms with van der Waals surface area (Å²) < 4.78 is 0. The van der Waals surface area contributed by atoms with E-state index in [-0.39, 0.29) is 29.4 Å². The highest BCUT2D eigenvalue weighted by Crippen LogP contribution is 2.20. The fourth-order valence-electron chi connectivity index (χ4n) is 1.56. The third kappa shape index (κ3) is 4.42. The van der Waals surface area contributed by atoms with Crippen molar-refractivity contribution < 1.29 is 30.2 Å². The number of hydrogen-bond acceptors (Lipinski definition) is 5. The molecule has 21 heavy (non-hydrogen) atoms. The summed E-state index contributed by atoms with van der Waals surface area (Å²) in [4.78, 5) is 40.1. The molecule has 0 atom stereocenters. The lowest BCUT2D eigenvalue weighted by atomic mass is 10.2. The van der Waals surface area contributed by atoms with Crippen LogP contribution in [0.3, 0.4) is 0 Å². The molecule has 0 bridgehead atoms. The fraction of sp³-hybridized carbons (Fsp3) is 0.154. The first kappa shape index (κ1) is 18.8. The van der Waals surface area contributed by atoms with Crippen LogP contribution < -0.4 is 0 Å². The minimum atomic E-state index is -0.723. The van der Waals surface area contributed by atoms with Crippen LogP contribution in [0.25, 0.3) is 0 Å². The van der Waals surface area contributed by atoms with Crippen LogP contribution in [0.4, 0.5) is 0 Å². The van der Waals surface area contributed by atoms with Crippen LogP contribution in [-0.4, -0.2) is 33.8 Å². The number of rotatable bonds is 4. The van der Waals surface area contributed by atoms with Crippen LogP contribution in [0, 0.1) is 0 Å². The van der Waals surface area contributed by atoms with Crippen LogP contribution in [0.2, 0.25) is 0 Å². The van der Waals surface area contributed by atoms with E-state index in [4.69, 9.17) is 4.84 Å². The molecule has 0 aromatic heterocycles. The van der Waals surface area contributed by atoms with Gasteiger partial charge in [-0.25, -0.2) is 4.79 Å². The van der Waals surface area contributed by atoms with Gasteiger partial charge in [0, 0.05) is 17.7 Å². The molecule has 114 valence electrons. The lowest BCUT2D eigenvalue weighted by Gasteiger charge is -2.12. The summed E-state index contributed by atoms with van der Waals surface area (Å²) in [6, 6.07) is 6.60. The van der Waals surface area contributed by atoms with Gasteiger partial charge < -0.3 is 15.8 Å². The Morgan fingerprint density at radius 1 is 1.14 bits per heavy atom. The number of carbonyl (C=O) groups excluding carboxylic acids is 3. The van der Waals surface area contributed by atoms with Gasteiger partial charge in [0.15, 0.2) is 0 Å². The molecule has 2 amide bonds. The maximum absolute atomic E-state index is 11.8. The molecule has 1 aromatic carbocycles. The second-order valence-electron chi connectivity index (χ2n) is 3.77. The Labute approximate surface area is 125 Å². The molecule has 2 rings (SSSR count). The zero-order chi connectivity index (χ0) is 13.8. The SMILES string of the molecule is C=CSc1ccc(C(=O)ON2C(=O)CCC2=O)cc1.O.O. The molecule has 1 fully saturated rings. The molecule has 1 heterocycles. The molecular weight excluding hydrogens is 298 g/mol. The summed E-state index contributed by atoms with van der Waals surface area (Å²) in [5.41, 5.74) is 0.279. The van der Waals surface area contributed by atoms with E-state index in [9.17, 15) is 14.4 Å². The number of hydroxylamine groups is 2. The third-order valence-corrected chi connectivity index (χ3v) is 3.20. The number of hydrogen-bond donors (Lipinski definition) is 0. The van der Waals surface area contributed by atoms with Gasteiger partial charge in [-0.2, -0.15) is 0 Å². The van der Waals surface area contributed by atoms with Crippen LogP contribution >= 0.6 is 11.8 Å². The Hall–Kier alpha value is -2.16. The average molecular weight is 313 g/mol. The molecule has 7 nitrogen and oxygen atoms in total. The number of amides is 2. The molecule has 0 spiro atoms. The van der Waals surface area contributed by atoms with Gasteiger partial charge in [-0.3, -0.25) is 9.59 Å². The zero-order valence-electron chi connectivity index (χ0n) is 11.0. The van der Waals surface area contributed by atoms with Crippen molar-refractivity contribution in [3.63, 3.8) is 0 Å². The Kier molecular flexibility index (Phi) is 7.36. The number of nitrogens with zero attached hydrogens (tertiary/aromatic N) is 1. The second kappa shape index (κ2) is 8.20. The Morgan fingerprint density at radius 2 is 1.67 bits per heavy atom. The lowest BCUT2D eigenvalue weighted by Crippen LogP contribution is -2.32. The molecular formula is C13H15NO6S. The molecule has 1 saturated heterocycles. The van der Waals surface area contributed by atoms with Crippen molar-refractivity contribution in [1.82, 2.24) is 5.06 Å². The van der Waals surface area contributed by atoms with E-state index in [2.05, 4.69) is 6.58 Å². The average Bonchev–Trinajstić information content (AvgIpc) is 2.72. The van der Waals surface area contributed by atoms with Gasteiger partial charge in [0.2, 0.25) is 0 Å². The van der Waals surface area contributed by atoms with Crippen LogP contribution in [0.15, 0.2) is 41.1 Å². The van der Waals surface area contributed by atoms with Crippen molar-refractivity contribution in [2.45, 2.75) is 17.7 Å². The van der Waals surface area contributed by atoms with E-state index >= 15 is 0 Å². The van der Waals surface area contributed by atoms with E-state index < -0.39 is 17.8 Å². The molecule has 1 aliphatic heterocycles. The topological polar surface area (TPSA) is 127 Å². The first-order valence-corrected chi connectivity index (χ1v) is 6.45. The molecule has 0 unspecified atom stereocenters. The maximum atomic E-state index is 11.8. The monoisotopic (exact) mass is 313 g/mol. The third-order valence-electron chi connectivity index (χ3n) is 2.49. The predicted octanol–water partition coefficient (Wildman–Crippen LogP) is 0.494. The maximum Gasteiger partial charge on any atom is 0.363 e. The van der Waals surface area contributed by atoms with Crippen molar-refractivity contribution in [2.75, 3.05) is 0 Å². The first-order chi connectivity index (χ1) is 9.11. The summed E-state index contributed by atoms with van der Waals surface area (Å²) in [5, 5.41) is 2.21. The molecule has 1 aromatic rings. The van der Waals surface area contributed by atoms with Crippen molar-refractivity contribution in [3.8, 4) is 0 Å². The van der Waals surface area contributed by atoms with Gasteiger partial charge in [0.1, 0.15) is 0 Å². The number of imide groups is 1. The van der Waals surface area contributed by atoms with Gasteiger partial charge in [-0.1, -0.05) is 18.3 Å². The number of thioether (sulfide) groups is 1. The molecule has 1 aliphatic rings. The summed E-state index contributed by atoms with van der Waals surface area (Å²) in [6.45, 7) is 3.59. The molecule has 0 radical (unpaired) electrons. The molecule has 0 aliphatic carbocycles. The number of carbonyl (C=O) groups is 3. The number of benzene rings is 1. The molecule has 8 heteroatoms. The van der Waals surface area contributed by atoms with Crippen molar-refractivity contribution in [3.05, 3.63) is 41.8 Å². The van der Waals surface area contributed by atoms with Gasteiger partial charge in [-0.05, 0) is 29.7 Å². The highest BCUT2D eigenvalue weighted by molar-refractivity contribution is 8.02. The van der Waals surface area contributed by atoms with E-state index in [1.54, 1.807) is 29.7 Å². The van der Waals surface area contributed by atoms with Crippen molar-refractivity contribution in [1.29, 1.82) is 0 Å². The van der Waals surface area contributed by atoms with Crippen LogP contribution in [-0.2, 0) is 14.4 Å². The minimum absolute atomic E-state index is 0. The lowest BCUT2D eigenvalue weighted by molar-refractivity contribution is -0.172. The standard InChI is InChI=1S/C13H11NO4S.2H2O/c1-2-19-10-5-3-9(4-6-10)13(17)18-14-11(15)7-8-12(14)16;;/h2-6H,1,7-8H2;2*1H2. The Balaban J connectivity index is 0.00000200. The Morgan fingerprint density at radius 3 is 2.14 bits per heavy atom. The van der Waals surface area contributed by atoms with E-state index in [0.29, 0.717) is 5.06 Å². The van der Waals surface area contributed by atoms with Crippen molar-refractivity contribution in [2.24, 2.45) is 0 Å². The highest BCUT2D eigenvalue weighted by atomic mass is 32.2. The van der Waals surface area contributed by atoms with Gasteiger partial charge >= 0.3 is 5.97 Å².